The van der Waals surface area contributed by atoms with Gasteiger partial charge in [0, 0.05) is 19.0 Å². The van der Waals surface area contributed by atoms with Crippen LogP contribution in [0.4, 0.5) is 4.79 Å². The van der Waals surface area contributed by atoms with Crippen molar-refractivity contribution in [2.24, 2.45) is 11.8 Å². The molecule has 0 N–H and O–H groups in total. The smallest absolute Gasteiger partial charge is 0.410 e. The topological polar surface area (TPSA) is 46.6 Å². The molecular formula is C15H27NO3. The summed E-state index contributed by atoms with van der Waals surface area (Å²) in [7, 11) is 0. The lowest BCUT2D eigenvalue weighted by Crippen LogP contribution is -2.46. The molecule has 1 saturated carbocycles. The molecule has 1 fully saturated rings. The van der Waals surface area contributed by atoms with Gasteiger partial charge in [0.15, 0.2) is 0 Å². The van der Waals surface area contributed by atoms with Crippen molar-refractivity contribution in [1.29, 1.82) is 0 Å². The van der Waals surface area contributed by atoms with E-state index in [4.69, 9.17) is 4.74 Å². The van der Waals surface area contributed by atoms with E-state index < -0.39 is 5.60 Å². The zero-order valence-corrected chi connectivity index (χ0v) is 12.8. The van der Waals surface area contributed by atoms with Crippen molar-refractivity contribution < 1.29 is 14.3 Å². The van der Waals surface area contributed by atoms with Gasteiger partial charge in [-0.1, -0.05) is 13.8 Å². The van der Waals surface area contributed by atoms with E-state index in [1.807, 2.05) is 20.8 Å². The van der Waals surface area contributed by atoms with E-state index in [1.165, 1.54) is 0 Å². The van der Waals surface area contributed by atoms with Gasteiger partial charge in [-0.05, 0) is 45.4 Å². The molecule has 4 heteroatoms. The normalized spacial score (nSPS) is 17.2. The first-order chi connectivity index (χ1) is 8.74. The molecular weight excluding hydrogens is 242 g/mol. The molecule has 4 nitrogen and oxygen atoms in total. The number of aldehydes is 1. The van der Waals surface area contributed by atoms with Crippen molar-refractivity contribution in [3.05, 3.63) is 0 Å². The molecule has 110 valence electrons. The summed E-state index contributed by atoms with van der Waals surface area (Å²) in [5.41, 5.74) is -0.498. The highest BCUT2D eigenvalue weighted by Gasteiger charge is 2.38. The van der Waals surface area contributed by atoms with E-state index in [0.29, 0.717) is 24.8 Å². The average Bonchev–Trinajstić information content (AvgIpc) is 3.03. The first-order valence-corrected chi connectivity index (χ1v) is 7.18. The van der Waals surface area contributed by atoms with Gasteiger partial charge in [0.1, 0.15) is 11.9 Å². The van der Waals surface area contributed by atoms with Crippen molar-refractivity contribution in [2.45, 2.75) is 65.5 Å². The van der Waals surface area contributed by atoms with Gasteiger partial charge in [-0.3, -0.25) is 0 Å². The number of carbonyl (C=O) groups is 2. The van der Waals surface area contributed by atoms with Crippen molar-refractivity contribution in [3.8, 4) is 0 Å². The van der Waals surface area contributed by atoms with Crippen LogP contribution in [-0.2, 0) is 9.53 Å². The van der Waals surface area contributed by atoms with Crippen LogP contribution in [-0.4, -0.2) is 35.5 Å². The van der Waals surface area contributed by atoms with E-state index in [2.05, 4.69) is 13.8 Å². The Morgan fingerprint density at radius 3 is 2.32 bits per heavy atom. The Hall–Kier alpha value is -1.06. The molecule has 1 aliphatic carbocycles. The molecule has 0 saturated heterocycles. The summed E-state index contributed by atoms with van der Waals surface area (Å²) in [6.07, 6.45) is 3.25. The number of carbonyl (C=O) groups excluding carboxylic acids is 2. The summed E-state index contributed by atoms with van der Waals surface area (Å²) < 4.78 is 5.48. The predicted octanol–water partition coefficient (Wildman–Crippen LogP) is 3.25. The van der Waals surface area contributed by atoms with Gasteiger partial charge in [-0.25, -0.2) is 4.79 Å². The van der Waals surface area contributed by atoms with Gasteiger partial charge in [-0.15, -0.1) is 0 Å². The molecule has 0 aromatic heterocycles. The molecule has 0 aliphatic heterocycles. The number of hydrogen-bond donors (Lipinski definition) is 0. The largest absolute Gasteiger partial charge is 0.444 e. The second-order valence-electron chi connectivity index (χ2n) is 6.83. The van der Waals surface area contributed by atoms with E-state index in [1.54, 1.807) is 4.90 Å². The third kappa shape index (κ3) is 5.62. The second kappa shape index (κ2) is 6.40. The van der Waals surface area contributed by atoms with E-state index in [9.17, 15) is 9.59 Å². The highest BCUT2D eigenvalue weighted by Crippen LogP contribution is 2.37. The summed E-state index contributed by atoms with van der Waals surface area (Å²) in [6.45, 7) is 10.4. The van der Waals surface area contributed by atoms with Crippen molar-refractivity contribution in [1.82, 2.24) is 4.90 Å². The quantitative estimate of drug-likeness (QED) is 0.695. The van der Waals surface area contributed by atoms with Crippen molar-refractivity contribution >= 4 is 12.4 Å². The monoisotopic (exact) mass is 269 g/mol. The van der Waals surface area contributed by atoms with Crippen LogP contribution in [0.15, 0.2) is 0 Å². The summed E-state index contributed by atoms with van der Waals surface area (Å²) >= 11 is 0. The van der Waals surface area contributed by atoms with Crippen LogP contribution in [0, 0.1) is 11.8 Å². The maximum absolute atomic E-state index is 12.3. The Balaban J connectivity index is 2.79. The second-order valence-corrected chi connectivity index (χ2v) is 6.83. The van der Waals surface area contributed by atoms with Gasteiger partial charge >= 0.3 is 6.09 Å². The van der Waals surface area contributed by atoms with Gasteiger partial charge in [-0.2, -0.15) is 0 Å². The van der Waals surface area contributed by atoms with Crippen LogP contribution in [0.25, 0.3) is 0 Å². The molecule has 1 aliphatic rings. The minimum absolute atomic E-state index is 0.00903. The van der Waals surface area contributed by atoms with Crippen LogP contribution in [0.5, 0.6) is 0 Å². The molecule has 0 radical (unpaired) electrons. The molecule has 1 unspecified atom stereocenters. The SMILES string of the molecule is CC(C)CN(C(=O)OC(C)(C)C)C(CC=O)C1CC1. The first kappa shape index (κ1) is 16.0. The van der Waals surface area contributed by atoms with Crippen LogP contribution >= 0.6 is 0 Å². The molecule has 0 spiro atoms. The number of hydrogen-bond acceptors (Lipinski definition) is 3. The summed E-state index contributed by atoms with van der Waals surface area (Å²) in [5.74, 6) is 0.830. The molecule has 19 heavy (non-hydrogen) atoms. The summed E-state index contributed by atoms with van der Waals surface area (Å²) in [6, 6.07) is 0.00903. The maximum atomic E-state index is 12.3. The summed E-state index contributed by atoms with van der Waals surface area (Å²) in [4.78, 5) is 25.0. The fourth-order valence-corrected chi connectivity index (χ4v) is 2.21. The number of amides is 1. The summed E-state index contributed by atoms with van der Waals surface area (Å²) in [5, 5.41) is 0. The average molecular weight is 269 g/mol. The molecule has 1 atom stereocenters. The number of nitrogens with zero attached hydrogens (tertiary/aromatic N) is 1. The van der Waals surface area contributed by atoms with Crippen LogP contribution in [0.3, 0.4) is 0 Å². The minimum atomic E-state index is -0.498. The van der Waals surface area contributed by atoms with Gasteiger partial charge in [0.05, 0.1) is 0 Å². The number of rotatable bonds is 6. The van der Waals surface area contributed by atoms with E-state index >= 15 is 0 Å². The number of ether oxygens (including phenoxy) is 1. The third-order valence-electron chi connectivity index (χ3n) is 3.09. The van der Waals surface area contributed by atoms with Gasteiger partial charge < -0.3 is 14.4 Å². The first-order valence-electron chi connectivity index (χ1n) is 7.18. The Labute approximate surface area is 116 Å². The lowest BCUT2D eigenvalue weighted by atomic mass is 10.1. The molecule has 1 amide bonds. The van der Waals surface area contributed by atoms with E-state index in [0.717, 1.165) is 19.1 Å². The molecule has 0 heterocycles. The fourth-order valence-electron chi connectivity index (χ4n) is 2.21. The lowest BCUT2D eigenvalue weighted by molar-refractivity contribution is -0.109. The van der Waals surface area contributed by atoms with Gasteiger partial charge in [0.25, 0.3) is 0 Å². The fraction of sp³-hybridized carbons (Fsp3) is 0.867. The van der Waals surface area contributed by atoms with Crippen molar-refractivity contribution in [3.63, 3.8) is 0 Å². The third-order valence-corrected chi connectivity index (χ3v) is 3.09. The Bertz CT molecular complexity index is 316. The standard InChI is InChI=1S/C15H27NO3/c1-11(2)10-16(14(18)19-15(3,4)5)13(8-9-17)12-6-7-12/h9,11-13H,6-8,10H2,1-5H3. The van der Waals surface area contributed by atoms with E-state index in [-0.39, 0.29) is 12.1 Å². The Morgan fingerprint density at radius 2 is 1.95 bits per heavy atom. The van der Waals surface area contributed by atoms with Crippen LogP contribution in [0.2, 0.25) is 0 Å². The zero-order chi connectivity index (χ0) is 14.6. The Kier molecular flexibility index (Phi) is 5.39. The molecule has 0 bridgehead atoms. The van der Waals surface area contributed by atoms with Crippen molar-refractivity contribution in [2.75, 3.05) is 6.54 Å². The highest BCUT2D eigenvalue weighted by molar-refractivity contribution is 5.69. The minimum Gasteiger partial charge on any atom is -0.444 e. The molecule has 1 rings (SSSR count). The highest BCUT2D eigenvalue weighted by atomic mass is 16.6. The van der Waals surface area contributed by atoms with Crippen LogP contribution < -0.4 is 0 Å². The Morgan fingerprint density at radius 1 is 1.37 bits per heavy atom. The van der Waals surface area contributed by atoms with Gasteiger partial charge in [0.2, 0.25) is 0 Å². The lowest BCUT2D eigenvalue weighted by Gasteiger charge is -2.34. The molecule has 0 aromatic rings. The van der Waals surface area contributed by atoms with Crippen LogP contribution in [0.1, 0.15) is 53.9 Å². The predicted molar refractivity (Wildman–Crippen MR) is 75.0 cm³/mol. The molecule has 0 aromatic carbocycles. The maximum Gasteiger partial charge on any atom is 0.410 e. The zero-order valence-electron chi connectivity index (χ0n) is 12.8.